The molecular weight excluding hydrogens is 286 g/mol. The lowest BCUT2D eigenvalue weighted by Gasteiger charge is -2.10. The third kappa shape index (κ3) is 2.10. The summed E-state index contributed by atoms with van der Waals surface area (Å²) in [5, 5.41) is 19.3. The second-order valence-electron chi connectivity index (χ2n) is 4.75. The zero-order valence-corrected chi connectivity index (χ0v) is 11.5. The Hall–Kier alpha value is -3.15. The zero-order chi connectivity index (χ0) is 15.9. The van der Waals surface area contributed by atoms with Crippen LogP contribution in [0.1, 0.15) is 26.6 Å². The van der Waals surface area contributed by atoms with Crippen molar-refractivity contribution in [3.8, 4) is 11.3 Å². The average molecular weight is 297 g/mol. The van der Waals surface area contributed by atoms with E-state index in [0.717, 1.165) is 0 Å². The molecule has 3 rings (SSSR count). The van der Waals surface area contributed by atoms with Crippen molar-refractivity contribution in [2.75, 3.05) is 0 Å². The molecule has 1 aromatic carbocycles. The van der Waals surface area contributed by atoms with Crippen molar-refractivity contribution in [1.82, 2.24) is 4.98 Å². The minimum atomic E-state index is -1.31. The molecule has 0 aliphatic heterocycles. The number of carboxylic acid groups (broad SMARTS) is 2. The van der Waals surface area contributed by atoms with Crippen molar-refractivity contribution in [2.24, 2.45) is 0 Å². The maximum absolute atomic E-state index is 11.7. The smallest absolute Gasteiger partial charge is 0.355 e. The zero-order valence-electron chi connectivity index (χ0n) is 11.5. The molecule has 3 aromatic rings. The molecule has 110 valence electrons. The van der Waals surface area contributed by atoms with Gasteiger partial charge in [-0.1, -0.05) is 18.2 Å². The highest BCUT2D eigenvalue weighted by Crippen LogP contribution is 2.33. The number of carboxylic acids is 2. The Labute approximate surface area is 124 Å². The van der Waals surface area contributed by atoms with Crippen LogP contribution >= 0.6 is 0 Å². The summed E-state index contributed by atoms with van der Waals surface area (Å²) in [5.74, 6) is -1.82. The van der Waals surface area contributed by atoms with Crippen LogP contribution in [-0.4, -0.2) is 27.1 Å². The van der Waals surface area contributed by atoms with Crippen LogP contribution in [0.15, 0.2) is 40.8 Å². The van der Waals surface area contributed by atoms with E-state index in [1.54, 1.807) is 43.3 Å². The fraction of sp³-hybridized carbons (Fsp3) is 0.0625. The summed E-state index contributed by atoms with van der Waals surface area (Å²) in [4.78, 5) is 27.3. The first-order chi connectivity index (χ1) is 10.5. The lowest BCUT2D eigenvalue weighted by molar-refractivity contribution is 0.0691. The predicted octanol–water partition coefficient (Wildman–Crippen LogP) is 3.20. The quantitative estimate of drug-likeness (QED) is 0.770. The number of aromatic nitrogens is 1. The summed E-state index contributed by atoms with van der Waals surface area (Å²) < 4.78 is 5.43. The van der Waals surface area contributed by atoms with Gasteiger partial charge in [-0.2, -0.15) is 0 Å². The van der Waals surface area contributed by atoms with Crippen LogP contribution in [0.4, 0.5) is 0 Å². The standard InChI is InChI=1S/C16H11NO5/c1-8-6-7-11(22-8)13-12(15(18)19)9-4-2-3-5-10(9)17-14(13)16(20)21/h2-7H,1H3,(H,18,19)(H,20,21). The van der Waals surface area contributed by atoms with E-state index in [9.17, 15) is 19.8 Å². The number of aromatic carboxylic acids is 2. The van der Waals surface area contributed by atoms with E-state index in [0.29, 0.717) is 16.7 Å². The predicted molar refractivity (Wildman–Crippen MR) is 78.1 cm³/mol. The number of para-hydroxylation sites is 1. The van der Waals surface area contributed by atoms with Gasteiger partial charge in [0.05, 0.1) is 16.6 Å². The van der Waals surface area contributed by atoms with Crippen molar-refractivity contribution in [3.05, 3.63) is 53.4 Å². The number of aryl methyl sites for hydroxylation is 1. The summed E-state index contributed by atoms with van der Waals surface area (Å²) in [6.07, 6.45) is 0. The van der Waals surface area contributed by atoms with Crippen molar-refractivity contribution in [2.45, 2.75) is 6.92 Å². The minimum absolute atomic E-state index is 0.0215. The third-order valence-electron chi connectivity index (χ3n) is 3.30. The molecule has 2 aromatic heterocycles. The molecule has 0 aliphatic carbocycles. The van der Waals surface area contributed by atoms with Gasteiger partial charge in [-0.15, -0.1) is 0 Å². The molecular formula is C16H11NO5. The van der Waals surface area contributed by atoms with Crippen LogP contribution in [0.25, 0.3) is 22.2 Å². The fourth-order valence-electron chi connectivity index (χ4n) is 2.40. The van der Waals surface area contributed by atoms with Gasteiger partial charge in [-0.05, 0) is 25.1 Å². The van der Waals surface area contributed by atoms with Gasteiger partial charge in [0, 0.05) is 5.39 Å². The van der Waals surface area contributed by atoms with Gasteiger partial charge in [0.15, 0.2) is 5.69 Å². The number of furan rings is 1. The van der Waals surface area contributed by atoms with Crippen LogP contribution in [0.2, 0.25) is 0 Å². The Balaban J connectivity index is 2.51. The Morgan fingerprint density at radius 1 is 1.05 bits per heavy atom. The fourth-order valence-corrected chi connectivity index (χ4v) is 2.40. The van der Waals surface area contributed by atoms with Crippen LogP contribution in [-0.2, 0) is 0 Å². The lowest BCUT2D eigenvalue weighted by atomic mass is 9.98. The highest BCUT2D eigenvalue weighted by Gasteiger charge is 2.26. The summed E-state index contributed by atoms with van der Waals surface area (Å²) >= 11 is 0. The van der Waals surface area contributed by atoms with Crippen molar-refractivity contribution < 1.29 is 24.2 Å². The summed E-state index contributed by atoms with van der Waals surface area (Å²) in [6, 6.07) is 9.70. The van der Waals surface area contributed by atoms with Gasteiger partial charge in [-0.25, -0.2) is 14.6 Å². The molecule has 0 saturated carbocycles. The summed E-state index contributed by atoms with van der Waals surface area (Å²) in [7, 11) is 0. The summed E-state index contributed by atoms with van der Waals surface area (Å²) in [5.41, 5.74) is -0.182. The molecule has 22 heavy (non-hydrogen) atoms. The van der Waals surface area contributed by atoms with E-state index in [1.165, 1.54) is 0 Å². The van der Waals surface area contributed by atoms with Crippen molar-refractivity contribution in [1.29, 1.82) is 0 Å². The van der Waals surface area contributed by atoms with Crippen LogP contribution in [0, 0.1) is 6.92 Å². The average Bonchev–Trinajstić information content (AvgIpc) is 2.91. The van der Waals surface area contributed by atoms with Gasteiger partial charge in [-0.3, -0.25) is 0 Å². The molecule has 0 radical (unpaired) electrons. The number of pyridine rings is 1. The number of rotatable bonds is 3. The van der Waals surface area contributed by atoms with Crippen LogP contribution < -0.4 is 0 Å². The molecule has 0 aliphatic rings. The number of hydrogen-bond donors (Lipinski definition) is 2. The monoisotopic (exact) mass is 297 g/mol. The Morgan fingerprint density at radius 2 is 1.77 bits per heavy atom. The molecule has 0 unspecified atom stereocenters. The number of fused-ring (bicyclic) bond motifs is 1. The van der Waals surface area contributed by atoms with Gasteiger partial charge < -0.3 is 14.6 Å². The number of carbonyl (C=O) groups is 2. The van der Waals surface area contributed by atoms with Crippen LogP contribution in [0.5, 0.6) is 0 Å². The first-order valence-electron chi connectivity index (χ1n) is 6.45. The lowest BCUT2D eigenvalue weighted by Crippen LogP contribution is -2.10. The van der Waals surface area contributed by atoms with Crippen molar-refractivity contribution in [3.63, 3.8) is 0 Å². The second kappa shape index (κ2) is 5.00. The first kappa shape index (κ1) is 13.8. The number of hydrogen-bond acceptors (Lipinski definition) is 4. The normalized spacial score (nSPS) is 10.8. The molecule has 2 heterocycles. The summed E-state index contributed by atoms with van der Waals surface area (Å²) in [6.45, 7) is 1.69. The Morgan fingerprint density at radius 3 is 2.36 bits per heavy atom. The van der Waals surface area contributed by atoms with Gasteiger partial charge in [0.1, 0.15) is 11.5 Å². The van der Waals surface area contributed by atoms with E-state index in [1.807, 2.05) is 0 Å². The topological polar surface area (TPSA) is 101 Å². The molecule has 0 bridgehead atoms. The molecule has 2 N–H and O–H groups in total. The maximum Gasteiger partial charge on any atom is 0.355 e. The van der Waals surface area contributed by atoms with Gasteiger partial charge >= 0.3 is 11.9 Å². The highest BCUT2D eigenvalue weighted by atomic mass is 16.4. The largest absolute Gasteiger partial charge is 0.478 e. The van der Waals surface area contributed by atoms with E-state index < -0.39 is 11.9 Å². The second-order valence-corrected chi connectivity index (χ2v) is 4.75. The molecule has 6 heteroatoms. The molecule has 0 atom stereocenters. The first-order valence-corrected chi connectivity index (χ1v) is 6.45. The van der Waals surface area contributed by atoms with E-state index in [2.05, 4.69) is 4.98 Å². The number of benzene rings is 1. The van der Waals surface area contributed by atoms with E-state index in [-0.39, 0.29) is 22.6 Å². The van der Waals surface area contributed by atoms with Crippen LogP contribution in [0.3, 0.4) is 0 Å². The van der Waals surface area contributed by atoms with Gasteiger partial charge in [0.25, 0.3) is 0 Å². The van der Waals surface area contributed by atoms with Gasteiger partial charge in [0.2, 0.25) is 0 Å². The molecule has 0 spiro atoms. The third-order valence-corrected chi connectivity index (χ3v) is 3.30. The number of nitrogens with zero attached hydrogens (tertiary/aromatic N) is 1. The molecule has 0 fully saturated rings. The SMILES string of the molecule is Cc1ccc(-c2c(C(=O)O)nc3ccccc3c2C(=O)O)o1. The van der Waals surface area contributed by atoms with E-state index >= 15 is 0 Å². The molecule has 6 nitrogen and oxygen atoms in total. The highest BCUT2D eigenvalue weighted by molar-refractivity contribution is 6.12. The minimum Gasteiger partial charge on any atom is -0.478 e. The Kier molecular flexibility index (Phi) is 3.14. The maximum atomic E-state index is 11.7. The van der Waals surface area contributed by atoms with E-state index in [4.69, 9.17) is 4.42 Å². The van der Waals surface area contributed by atoms with Crippen molar-refractivity contribution >= 4 is 22.8 Å². The molecule has 0 amide bonds. The molecule has 0 saturated heterocycles. The Bertz CT molecular complexity index is 910.